The van der Waals surface area contributed by atoms with Crippen molar-refractivity contribution in [1.29, 1.82) is 0 Å². The average Bonchev–Trinajstić information content (AvgIpc) is 2.78. The minimum Gasteiger partial charge on any atom is -0.493 e. The second kappa shape index (κ2) is 10.1. The number of hydrogen-bond acceptors (Lipinski definition) is 5. The maximum atomic E-state index is 12.9. The van der Waals surface area contributed by atoms with Crippen LogP contribution in [-0.4, -0.2) is 28.5 Å². The van der Waals surface area contributed by atoms with Gasteiger partial charge in [-0.1, -0.05) is 29.8 Å². The number of sulfonamides is 1. The molecule has 2 N–H and O–H groups in total. The van der Waals surface area contributed by atoms with Crippen LogP contribution in [0.1, 0.15) is 34.5 Å². The van der Waals surface area contributed by atoms with Crippen LogP contribution >= 0.6 is 11.6 Å². The van der Waals surface area contributed by atoms with Gasteiger partial charge in [0.15, 0.2) is 11.5 Å². The highest BCUT2D eigenvalue weighted by Crippen LogP contribution is 2.30. The first-order valence-corrected chi connectivity index (χ1v) is 11.9. The highest BCUT2D eigenvalue weighted by atomic mass is 35.5. The Balaban J connectivity index is 1.83. The molecule has 33 heavy (non-hydrogen) atoms. The number of amides is 1. The molecule has 0 saturated carbocycles. The lowest BCUT2D eigenvalue weighted by Gasteiger charge is -2.17. The second-order valence-electron chi connectivity index (χ2n) is 7.43. The molecule has 0 heterocycles. The Morgan fingerprint density at radius 2 is 1.70 bits per heavy atom. The van der Waals surface area contributed by atoms with Gasteiger partial charge in [0.1, 0.15) is 4.90 Å². The highest BCUT2D eigenvalue weighted by molar-refractivity contribution is 7.92. The van der Waals surface area contributed by atoms with Gasteiger partial charge in [0, 0.05) is 11.3 Å². The maximum absolute atomic E-state index is 12.9. The van der Waals surface area contributed by atoms with Gasteiger partial charge in [-0.25, -0.2) is 8.42 Å². The summed E-state index contributed by atoms with van der Waals surface area (Å²) in [6.07, 6.45) is 0. The first-order valence-electron chi connectivity index (χ1n) is 10.1. The van der Waals surface area contributed by atoms with E-state index in [9.17, 15) is 13.2 Å². The summed E-state index contributed by atoms with van der Waals surface area (Å²) >= 11 is 6.17. The number of rotatable bonds is 8. The highest BCUT2D eigenvalue weighted by Gasteiger charge is 2.21. The number of anilines is 1. The molecule has 9 heteroatoms. The van der Waals surface area contributed by atoms with Gasteiger partial charge < -0.3 is 14.8 Å². The zero-order chi connectivity index (χ0) is 24.2. The third kappa shape index (κ3) is 5.77. The van der Waals surface area contributed by atoms with Crippen molar-refractivity contribution >= 4 is 33.2 Å². The van der Waals surface area contributed by atoms with Gasteiger partial charge in [-0.2, -0.15) is 0 Å². The quantitative estimate of drug-likeness (QED) is 0.467. The SMILES string of the molecule is COc1ccc(C(C)NC(=O)c2ccc(Cl)c(S(=O)(=O)Nc3cccc(C)c3)c2)cc1OC. The molecule has 0 spiro atoms. The Hall–Kier alpha value is -3.23. The zero-order valence-corrected chi connectivity index (χ0v) is 20.3. The van der Waals surface area contributed by atoms with Crippen molar-refractivity contribution in [2.24, 2.45) is 0 Å². The van der Waals surface area contributed by atoms with Crippen molar-refractivity contribution in [3.05, 3.63) is 82.4 Å². The minimum absolute atomic E-state index is 0.0136. The first kappa shape index (κ1) is 24.4. The Bertz CT molecular complexity index is 1280. The van der Waals surface area contributed by atoms with Gasteiger partial charge in [-0.05, 0) is 67.4 Å². The summed E-state index contributed by atoms with van der Waals surface area (Å²) in [7, 11) is -0.929. The largest absolute Gasteiger partial charge is 0.493 e. The molecule has 0 aromatic heterocycles. The Morgan fingerprint density at radius 3 is 2.36 bits per heavy atom. The third-order valence-electron chi connectivity index (χ3n) is 5.01. The first-order chi connectivity index (χ1) is 15.6. The lowest BCUT2D eigenvalue weighted by Crippen LogP contribution is -2.27. The number of hydrogen-bond donors (Lipinski definition) is 2. The summed E-state index contributed by atoms with van der Waals surface area (Å²) in [5.41, 5.74) is 2.27. The van der Waals surface area contributed by atoms with Crippen LogP contribution in [0.15, 0.2) is 65.6 Å². The van der Waals surface area contributed by atoms with Gasteiger partial charge >= 0.3 is 0 Å². The predicted molar refractivity (Wildman–Crippen MR) is 129 cm³/mol. The number of ether oxygens (including phenoxy) is 2. The fraction of sp³-hybridized carbons (Fsp3) is 0.208. The van der Waals surface area contributed by atoms with E-state index in [-0.39, 0.29) is 21.5 Å². The zero-order valence-electron chi connectivity index (χ0n) is 18.7. The summed E-state index contributed by atoms with van der Waals surface area (Å²) < 4.78 is 38.9. The minimum atomic E-state index is -4.01. The number of carbonyl (C=O) groups excluding carboxylic acids is 1. The standard InChI is InChI=1S/C24H25ClN2O5S/c1-15-6-5-7-19(12-15)27-33(29,30)23-14-18(8-10-20(23)25)24(28)26-16(2)17-9-11-21(31-3)22(13-17)32-4/h5-14,16,27H,1-4H3,(H,26,28). The van der Waals surface area contributed by atoms with E-state index in [1.807, 2.05) is 26.0 Å². The summed E-state index contributed by atoms with van der Waals surface area (Å²) in [6, 6.07) is 16.0. The Kier molecular flexibility index (Phi) is 7.50. The average molecular weight is 489 g/mol. The molecule has 3 aromatic rings. The molecular formula is C24H25ClN2O5S. The van der Waals surface area contributed by atoms with Crippen LogP contribution < -0.4 is 19.5 Å². The molecular weight excluding hydrogens is 464 g/mol. The molecule has 0 saturated heterocycles. The van der Waals surface area contributed by atoms with Crippen LogP contribution in [0.3, 0.4) is 0 Å². The van der Waals surface area contributed by atoms with Crippen molar-refractivity contribution in [2.75, 3.05) is 18.9 Å². The van der Waals surface area contributed by atoms with E-state index in [1.165, 1.54) is 25.3 Å². The van der Waals surface area contributed by atoms with Gasteiger partial charge in [0.25, 0.3) is 15.9 Å². The molecule has 0 fully saturated rings. The fourth-order valence-electron chi connectivity index (χ4n) is 3.25. The third-order valence-corrected chi connectivity index (χ3v) is 6.87. The topological polar surface area (TPSA) is 93.7 Å². The summed E-state index contributed by atoms with van der Waals surface area (Å²) in [4.78, 5) is 12.7. The smallest absolute Gasteiger partial charge is 0.263 e. The normalized spacial score (nSPS) is 12.0. The molecule has 3 aromatic carbocycles. The number of nitrogens with one attached hydrogen (secondary N) is 2. The van der Waals surface area contributed by atoms with Crippen LogP contribution in [0.25, 0.3) is 0 Å². The lowest BCUT2D eigenvalue weighted by molar-refractivity contribution is 0.0939. The molecule has 1 atom stereocenters. The molecule has 0 aliphatic carbocycles. The number of methoxy groups -OCH3 is 2. The molecule has 0 aliphatic heterocycles. The van der Waals surface area contributed by atoms with Crippen molar-refractivity contribution in [2.45, 2.75) is 24.8 Å². The second-order valence-corrected chi connectivity index (χ2v) is 9.49. The molecule has 0 radical (unpaired) electrons. The molecule has 0 bridgehead atoms. The van der Waals surface area contributed by atoms with E-state index in [0.29, 0.717) is 17.2 Å². The lowest BCUT2D eigenvalue weighted by atomic mass is 10.1. The molecule has 3 rings (SSSR count). The Morgan fingerprint density at radius 1 is 0.970 bits per heavy atom. The van der Waals surface area contributed by atoms with Crippen LogP contribution in [0.5, 0.6) is 11.5 Å². The van der Waals surface area contributed by atoms with E-state index in [2.05, 4.69) is 10.0 Å². The molecule has 174 valence electrons. The number of benzene rings is 3. The van der Waals surface area contributed by atoms with Crippen molar-refractivity contribution < 1.29 is 22.7 Å². The van der Waals surface area contributed by atoms with E-state index < -0.39 is 15.9 Å². The van der Waals surface area contributed by atoms with Gasteiger partial charge in [0.05, 0.1) is 25.3 Å². The summed E-state index contributed by atoms with van der Waals surface area (Å²) in [5, 5.41) is 2.88. The van der Waals surface area contributed by atoms with Crippen LogP contribution in [0.2, 0.25) is 5.02 Å². The van der Waals surface area contributed by atoms with Crippen molar-refractivity contribution in [1.82, 2.24) is 5.32 Å². The van der Waals surface area contributed by atoms with Gasteiger partial charge in [-0.15, -0.1) is 0 Å². The van der Waals surface area contributed by atoms with E-state index >= 15 is 0 Å². The summed E-state index contributed by atoms with van der Waals surface area (Å²) in [6.45, 7) is 3.67. The van der Waals surface area contributed by atoms with Crippen LogP contribution in [-0.2, 0) is 10.0 Å². The molecule has 1 amide bonds. The van der Waals surface area contributed by atoms with E-state index in [4.69, 9.17) is 21.1 Å². The molecule has 0 aliphatic rings. The van der Waals surface area contributed by atoms with Crippen LogP contribution in [0.4, 0.5) is 5.69 Å². The number of carbonyl (C=O) groups is 1. The van der Waals surface area contributed by atoms with Crippen LogP contribution in [0, 0.1) is 6.92 Å². The van der Waals surface area contributed by atoms with Crippen molar-refractivity contribution in [3.63, 3.8) is 0 Å². The van der Waals surface area contributed by atoms with Gasteiger partial charge in [0.2, 0.25) is 0 Å². The van der Waals surface area contributed by atoms with Gasteiger partial charge in [-0.3, -0.25) is 9.52 Å². The maximum Gasteiger partial charge on any atom is 0.263 e. The number of aryl methyl sites for hydroxylation is 1. The predicted octanol–water partition coefficient (Wildman–Crippen LogP) is 4.96. The summed E-state index contributed by atoms with van der Waals surface area (Å²) in [5.74, 6) is 0.674. The number of halogens is 1. The monoisotopic (exact) mass is 488 g/mol. The molecule has 1 unspecified atom stereocenters. The fourth-order valence-corrected chi connectivity index (χ4v) is 4.83. The van der Waals surface area contributed by atoms with E-state index in [1.54, 1.807) is 37.4 Å². The molecule has 7 nitrogen and oxygen atoms in total. The van der Waals surface area contributed by atoms with E-state index in [0.717, 1.165) is 11.1 Å². The Labute approximate surface area is 198 Å². The van der Waals surface area contributed by atoms with Crippen molar-refractivity contribution in [3.8, 4) is 11.5 Å².